The number of ether oxygens (including phenoxy) is 2. The van der Waals surface area contributed by atoms with Crippen LogP contribution in [0.15, 0.2) is 35.3 Å². The Balaban J connectivity index is 1.71. The first-order valence-electron chi connectivity index (χ1n) is 8.26. The van der Waals surface area contributed by atoms with Crippen molar-refractivity contribution in [3.05, 3.63) is 35.3 Å². The van der Waals surface area contributed by atoms with Crippen LogP contribution in [0.2, 0.25) is 0 Å². The van der Waals surface area contributed by atoms with Gasteiger partial charge >= 0.3 is 0 Å². The first kappa shape index (κ1) is 16.3. The summed E-state index contributed by atoms with van der Waals surface area (Å²) in [4.78, 5) is 13.4. The van der Waals surface area contributed by atoms with E-state index in [9.17, 15) is 0 Å². The second-order valence-electron chi connectivity index (χ2n) is 5.72. The Morgan fingerprint density at radius 3 is 3.12 bits per heavy atom. The van der Waals surface area contributed by atoms with Gasteiger partial charge in [0.25, 0.3) is 0 Å². The fourth-order valence-electron chi connectivity index (χ4n) is 2.93. The van der Waals surface area contributed by atoms with Gasteiger partial charge in [-0.05, 0) is 47.8 Å². The van der Waals surface area contributed by atoms with E-state index in [1.165, 1.54) is 0 Å². The summed E-state index contributed by atoms with van der Waals surface area (Å²) in [5, 5.41) is 3.31. The minimum atomic E-state index is -0.0130. The molecular weight excluding hydrogens is 386 g/mol. The minimum Gasteiger partial charge on any atom is -0.494 e. The van der Waals surface area contributed by atoms with Crippen LogP contribution in [0.25, 0.3) is 11.2 Å². The lowest BCUT2D eigenvalue weighted by Crippen LogP contribution is -2.07. The van der Waals surface area contributed by atoms with Gasteiger partial charge in [-0.3, -0.25) is 4.57 Å². The summed E-state index contributed by atoms with van der Waals surface area (Å²) >= 11 is 3.39. The summed E-state index contributed by atoms with van der Waals surface area (Å²) in [5.74, 6) is 1.45. The summed E-state index contributed by atoms with van der Waals surface area (Å²) in [5.41, 5.74) is 2.34. The average molecular weight is 404 g/mol. The van der Waals surface area contributed by atoms with Gasteiger partial charge in [-0.1, -0.05) is 6.07 Å². The maximum absolute atomic E-state index is 5.76. The summed E-state index contributed by atoms with van der Waals surface area (Å²) in [7, 11) is 0. The van der Waals surface area contributed by atoms with Crippen LogP contribution in [-0.2, 0) is 4.74 Å². The van der Waals surface area contributed by atoms with Crippen LogP contribution >= 0.6 is 15.9 Å². The number of imidazole rings is 1. The van der Waals surface area contributed by atoms with Crippen LogP contribution in [0.3, 0.4) is 0 Å². The third kappa shape index (κ3) is 3.32. The molecule has 3 aromatic rings. The van der Waals surface area contributed by atoms with Crippen molar-refractivity contribution in [3.8, 4) is 5.75 Å². The molecule has 1 fully saturated rings. The molecular formula is C17H18BrN5O2. The van der Waals surface area contributed by atoms with Crippen molar-refractivity contribution in [2.45, 2.75) is 26.0 Å². The maximum atomic E-state index is 5.76. The molecule has 1 aliphatic heterocycles. The molecule has 1 saturated heterocycles. The third-order valence-corrected chi connectivity index (χ3v) is 4.37. The summed E-state index contributed by atoms with van der Waals surface area (Å²) in [6, 6.07) is 7.75. The van der Waals surface area contributed by atoms with Gasteiger partial charge < -0.3 is 14.8 Å². The second kappa shape index (κ2) is 6.97. The molecule has 25 heavy (non-hydrogen) atoms. The number of hydrogen-bond acceptors (Lipinski definition) is 6. The molecule has 4 rings (SSSR count). The smallest absolute Gasteiger partial charge is 0.200 e. The van der Waals surface area contributed by atoms with E-state index in [-0.39, 0.29) is 6.23 Å². The van der Waals surface area contributed by atoms with E-state index >= 15 is 0 Å². The highest BCUT2D eigenvalue weighted by Crippen LogP contribution is 2.30. The van der Waals surface area contributed by atoms with Gasteiger partial charge in [-0.2, -0.15) is 0 Å². The number of nitrogens with one attached hydrogen (secondary N) is 1. The van der Waals surface area contributed by atoms with Crippen molar-refractivity contribution >= 4 is 38.6 Å². The topological polar surface area (TPSA) is 74.1 Å². The van der Waals surface area contributed by atoms with E-state index in [0.29, 0.717) is 22.7 Å². The van der Waals surface area contributed by atoms with Crippen LogP contribution in [0, 0.1) is 0 Å². The first-order chi connectivity index (χ1) is 12.2. The zero-order chi connectivity index (χ0) is 17.2. The SMILES string of the molecule is CCOc1cccc(Nc2nc(Br)nc3c2ncn3C2CCCO2)c1. The van der Waals surface area contributed by atoms with E-state index < -0.39 is 0 Å². The molecule has 130 valence electrons. The Morgan fingerprint density at radius 2 is 2.32 bits per heavy atom. The molecule has 1 unspecified atom stereocenters. The predicted octanol–water partition coefficient (Wildman–Crippen LogP) is 4.04. The molecule has 2 aromatic heterocycles. The van der Waals surface area contributed by atoms with Crippen LogP contribution in [0.1, 0.15) is 26.0 Å². The monoisotopic (exact) mass is 403 g/mol. The molecule has 0 aliphatic carbocycles. The molecule has 0 bridgehead atoms. The minimum absolute atomic E-state index is 0.0130. The first-order valence-corrected chi connectivity index (χ1v) is 9.05. The van der Waals surface area contributed by atoms with E-state index in [1.807, 2.05) is 35.8 Å². The van der Waals surface area contributed by atoms with E-state index in [0.717, 1.165) is 36.5 Å². The second-order valence-corrected chi connectivity index (χ2v) is 6.43. The molecule has 0 spiro atoms. The Morgan fingerprint density at radius 1 is 1.40 bits per heavy atom. The van der Waals surface area contributed by atoms with Crippen molar-refractivity contribution < 1.29 is 9.47 Å². The maximum Gasteiger partial charge on any atom is 0.200 e. The average Bonchev–Trinajstić information content (AvgIpc) is 3.24. The number of fused-ring (bicyclic) bond motifs is 1. The fourth-order valence-corrected chi connectivity index (χ4v) is 3.28. The van der Waals surface area contributed by atoms with Crippen molar-refractivity contribution in [1.82, 2.24) is 19.5 Å². The Hall–Kier alpha value is -2.19. The number of hydrogen-bond donors (Lipinski definition) is 1. The van der Waals surface area contributed by atoms with Crippen LogP contribution in [-0.4, -0.2) is 32.7 Å². The van der Waals surface area contributed by atoms with Gasteiger partial charge in [0.15, 0.2) is 17.0 Å². The quantitative estimate of drug-likeness (QED) is 0.647. The van der Waals surface area contributed by atoms with E-state index in [1.54, 1.807) is 6.33 Å². The van der Waals surface area contributed by atoms with Gasteiger partial charge in [-0.25, -0.2) is 15.0 Å². The molecule has 1 atom stereocenters. The highest BCUT2D eigenvalue weighted by Gasteiger charge is 2.22. The van der Waals surface area contributed by atoms with Crippen LogP contribution in [0.4, 0.5) is 11.5 Å². The van der Waals surface area contributed by atoms with Crippen molar-refractivity contribution in [3.63, 3.8) is 0 Å². The summed E-state index contributed by atoms with van der Waals surface area (Å²) in [6.07, 6.45) is 3.77. The molecule has 3 heterocycles. The number of benzene rings is 1. The van der Waals surface area contributed by atoms with Gasteiger partial charge in [-0.15, -0.1) is 0 Å². The lowest BCUT2D eigenvalue weighted by atomic mass is 10.3. The predicted molar refractivity (Wildman–Crippen MR) is 98.1 cm³/mol. The van der Waals surface area contributed by atoms with Gasteiger partial charge in [0.05, 0.1) is 12.9 Å². The third-order valence-electron chi connectivity index (χ3n) is 4.02. The molecule has 0 saturated carbocycles. The number of halogens is 1. The Kier molecular flexibility index (Phi) is 4.54. The fraction of sp³-hybridized carbons (Fsp3) is 0.353. The molecule has 7 nitrogen and oxygen atoms in total. The molecule has 0 radical (unpaired) electrons. The molecule has 8 heteroatoms. The molecule has 1 aliphatic rings. The number of anilines is 2. The summed E-state index contributed by atoms with van der Waals surface area (Å²) < 4.78 is 13.8. The molecule has 0 amide bonds. The Bertz CT molecular complexity index is 892. The lowest BCUT2D eigenvalue weighted by molar-refractivity contribution is 0.0592. The van der Waals surface area contributed by atoms with E-state index in [2.05, 4.69) is 36.2 Å². The highest BCUT2D eigenvalue weighted by atomic mass is 79.9. The van der Waals surface area contributed by atoms with Crippen molar-refractivity contribution in [2.75, 3.05) is 18.5 Å². The highest BCUT2D eigenvalue weighted by molar-refractivity contribution is 9.10. The lowest BCUT2D eigenvalue weighted by Gasteiger charge is -2.12. The van der Waals surface area contributed by atoms with Gasteiger partial charge in [0.2, 0.25) is 4.73 Å². The van der Waals surface area contributed by atoms with Crippen molar-refractivity contribution in [2.24, 2.45) is 0 Å². The van der Waals surface area contributed by atoms with Crippen LogP contribution in [0.5, 0.6) is 5.75 Å². The molecule has 1 aromatic carbocycles. The zero-order valence-corrected chi connectivity index (χ0v) is 15.4. The largest absolute Gasteiger partial charge is 0.494 e. The number of rotatable bonds is 5. The van der Waals surface area contributed by atoms with E-state index in [4.69, 9.17) is 9.47 Å². The van der Waals surface area contributed by atoms with Crippen molar-refractivity contribution in [1.29, 1.82) is 0 Å². The zero-order valence-electron chi connectivity index (χ0n) is 13.8. The Labute approximate surface area is 153 Å². The summed E-state index contributed by atoms with van der Waals surface area (Å²) in [6.45, 7) is 3.35. The normalized spacial score (nSPS) is 17.1. The number of nitrogens with zero attached hydrogens (tertiary/aromatic N) is 4. The number of aromatic nitrogens is 4. The molecule has 1 N–H and O–H groups in total. The van der Waals surface area contributed by atoms with Crippen LogP contribution < -0.4 is 10.1 Å². The van der Waals surface area contributed by atoms with Gasteiger partial charge in [0, 0.05) is 18.4 Å². The standard InChI is InChI=1S/C17H18BrN5O2/c1-2-24-12-6-3-5-11(9-12)20-15-14-16(22-17(18)21-15)23(10-19-14)13-7-4-8-25-13/h3,5-6,9-10,13H,2,4,7-8H2,1H3,(H,20,21,22). The van der Waals surface area contributed by atoms with Gasteiger partial charge in [0.1, 0.15) is 12.0 Å².